The molecule has 0 saturated heterocycles. The number of carbonyl (C=O) groups is 1. The summed E-state index contributed by atoms with van der Waals surface area (Å²) in [5.41, 5.74) is 1.45. The SMILES string of the molecule is Cc1nc2ccc(OC(=O)c3cccc([N+](=O)[O-])c3C)cc2o1. The monoisotopic (exact) mass is 312 g/mol. The Balaban J connectivity index is 1.91. The van der Waals surface area contributed by atoms with Crippen molar-refractivity contribution < 1.29 is 18.9 Å². The smallest absolute Gasteiger partial charge is 0.344 e. The highest BCUT2D eigenvalue weighted by Gasteiger charge is 2.19. The molecule has 0 unspecified atom stereocenters. The van der Waals surface area contributed by atoms with Crippen molar-refractivity contribution in [1.82, 2.24) is 4.98 Å². The van der Waals surface area contributed by atoms with Gasteiger partial charge in [-0.3, -0.25) is 10.1 Å². The number of esters is 1. The van der Waals surface area contributed by atoms with Crippen molar-refractivity contribution in [2.45, 2.75) is 13.8 Å². The summed E-state index contributed by atoms with van der Waals surface area (Å²) >= 11 is 0. The molecule has 3 rings (SSSR count). The molecule has 1 heterocycles. The lowest BCUT2D eigenvalue weighted by Crippen LogP contribution is -2.11. The second kappa shape index (κ2) is 5.53. The van der Waals surface area contributed by atoms with Crippen molar-refractivity contribution in [2.75, 3.05) is 0 Å². The molecule has 7 nitrogen and oxygen atoms in total. The minimum atomic E-state index is -0.665. The van der Waals surface area contributed by atoms with Crippen LogP contribution in [0.3, 0.4) is 0 Å². The molecule has 23 heavy (non-hydrogen) atoms. The maximum atomic E-state index is 12.3. The highest BCUT2D eigenvalue weighted by atomic mass is 16.6. The molecule has 0 aliphatic carbocycles. The van der Waals surface area contributed by atoms with Crippen LogP contribution in [0.5, 0.6) is 5.75 Å². The standard InChI is InChI=1S/C16H12N2O5/c1-9-12(4-3-5-14(9)18(20)21)16(19)23-11-6-7-13-15(8-11)22-10(2)17-13/h3-8H,1-2H3. The van der Waals surface area contributed by atoms with Gasteiger partial charge in [0.1, 0.15) is 11.3 Å². The molecule has 0 spiro atoms. The first-order valence-electron chi connectivity index (χ1n) is 6.79. The van der Waals surface area contributed by atoms with E-state index in [2.05, 4.69) is 4.98 Å². The number of benzene rings is 2. The van der Waals surface area contributed by atoms with E-state index in [9.17, 15) is 14.9 Å². The van der Waals surface area contributed by atoms with Crippen molar-refractivity contribution in [3.63, 3.8) is 0 Å². The number of ether oxygens (including phenoxy) is 1. The molecular weight excluding hydrogens is 300 g/mol. The van der Waals surface area contributed by atoms with Gasteiger partial charge in [0.15, 0.2) is 11.5 Å². The lowest BCUT2D eigenvalue weighted by molar-refractivity contribution is -0.385. The van der Waals surface area contributed by atoms with Gasteiger partial charge in [0.05, 0.1) is 10.5 Å². The van der Waals surface area contributed by atoms with Crippen LogP contribution >= 0.6 is 0 Å². The number of nitro benzene ring substituents is 1. The van der Waals surface area contributed by atoms with Gasteiger partial charge in [-0.05, 0) is 25.1 Å². The summed E-state index contributed by atoms with van der Waals surface area (Å²) in [4.78, 5) is 26.8. The molecule has 3 aromatic rings. The molecule has 116 valence electrons. The molecule has 0 amide bonds. The molecule has 0 saturated carbocycles. The third kappa shape index (κ3) is 2.76. The Bertz CT molecular complexity index is 929. The first-order valence-corrected chi connectivity index (χ1v) is 6.79. The average Bonchev–Trinajstić information content (AvgIpc) is 2.86. The molecule has 0 atom stereocenters. The number of aromatic nitrogens is 1. The van der Waals surface area contributed by atoms with Crippen LogP contribution in [-0.2, 0) is 0 Å². The Hall–Kier alpha value is -3.22. The van der Waals surface area contributed by atoms with Crippen LogP contribution in [0, 0.1) is 24.0 Å². The predicted octanol–water partition coefficient (Wildman–Crippen LogP) is 3.57. The lowest BCUT2D eigenvalue weighted by atomic mass is 10.1. The van der Waals surface area contributed by atoms with Crippen molar-refractivity contribution in [2.24, 2.45) is 0 Å². The number of nitrogens with zero attached hydrogens (tertiary/aromatic N) is 2. The summed E-state index contributed by atoms with van der Waals surface area (Å²) in [5, 5.41) is 10.9. The van der Waals surface area contributed by atoms with Crippen LogP contribution in [0.4, 0.5) is 5.69 Å². The van der Waals surface area contributed by atoms with E-state index >= 15 is 0 Å². The zero-order valence-electron chi connectivity index (χ0n) is 12.4. The van der Waals surface area contributed by atoms with E-state index in [0.717, 1.165) is 0 Å². The maximum absolute atomic E-state index is 12.3. The molecule has 0 fully saturated rings. The van der Waals surface area contributed by atoms with Gasteiger partial charge < -0.3 is 9.15 Å². The molecule has 0 bridgehead atoms. The third-order valence-electron chi connectivity index (χ3n) is 3.40. The minimum Gasteiger partial charge on any atom is -0.441 e. The fourth-order valence-electron chi connectivity index (χ4n) is 2.29. The van der Waals surface area contributed by atoms with Crippen LogP contribution in [0.25, 0.3) is 11.1 Å². The van der Waals surface area contributed by atoms with Crippen LogP contribution < -0.4 is 4.74 Å². The van der Waals surface area contributed by atoms with Gasteiger partial charge in [-0.1, -0.05) is 6.07 Å². The summed E-state index contributed by atoms with van der Waals surface area (Å²) in [7, 11) is 0. The summed E-state index contributed by atoms with van der Waals surface area (Å²) in [6.45, 7) is 3.23. The van der Waals surface area contributed by atoms with Crippen LogP contribution in [0.1, 0.15) is 21.8 Å². The molecule has 2 aromatic carbocycles. The first kappa shape index (κ1) is 14.7. The van der Waals surface area contributed by atoms with E-state index in [1.807, 2.05) is 0 Å². The molecule has 0 aliphatic heterocycles. The Labute approximate surface area is 130 Å². The van der Waals surface area contributed by atoms with E-state index in [1.54, 1.807) is 25.1 Å². The lowest BCUT2D eigenvalue weighted by Gasteiger charge is -2.06. The van der Waals surface area contributed by atoms with E-state index in [1.165, 1.54) is 25.1 Å². The first-order chi connectivity index (χ1) is 11.0. The summed E-state index contributed by atoms with van der Waals surface area (Å²) < 4.78 is 10.7. The number of aryl methyl sites for hydroxylation is 1. The van der Waals surface area contributed by atoms with Gasteiger partial charge >= 0.3 is 5.97 Å². The zero-order chi connectivity index (χ0) is 16.6. The Morgan fingerprint density at radius 2 is 2.04 bits per heavy atom. The normalized spacial score (nSPS) is 10.7. The third-order valence-corrected chi connectivity index (χ3v) is 3.40. The van der Waals surface area contributed by atoms with Gasteiger partial charge in [-0.15, -0.1) is 0 Å². The summed E-state index contributed by atoms with van der Waals surface area (Å²) in [6, 6.07) is 9.10. The van der Waals surface area contributed by atoms with E-state index < -0.39 is 10.9 Å². The van der Waals surface area contributed by atoms with Gasteiger partial charge in [0.25, 0.3) is 5.69 Å². The van der Waals surface area contributed by atoms with Crippen LogP contribution in [0.2, 0.25) is 0 Å². The minimum absolute atomic E-state index is 0.124. The Kier molecular flexibility index (Phi) is 3.53. The van der Waals surface area contributed by atoms with Gasteiger partial charge in [0.2, 0.25) is 0 Å². The Morgan fingerprint density at radius 1 is 1.26 bits per heavy atom. The highest BCUT2D eigenvalue weighted by Crippen LogP contribution is 2.25. The number of oxazole rings is 1. The highest BCUT2D eigenvalue weighted by molar-refractivity contribution is 5.94. The van der Waals surface area contributed by atoms with Crippen LogP contribution in [-0.4, -0.2) is 15.9 Å². The van der Waals surface area contributed by atoms with Crippen molar-refractivity contribution in [1.29, 1.82) is 0 Å². The number of nitro groups is 1. The van der Waals surface area contributed by atoms with Gasteiger partial charge in [-0.2, -0.15) is 0 Å². The fraction of sp³-hybridized carbons (Fsp3) is 0.125. The summed E-state index contributed by atoms with van der Waals surface area (Å²) in [6.07, 6.45) is 0. The number of rotatable bonds is 3. The second-order valence-electron chi connectivity index (χ2n) is 4.96. The Morgan fingerprint density at radius 3 is 2.78 bits per heavy atom. The number of fused-ring (bicyclic) bond motifs is 1. The largest absolute Gasteiger partial charge is 0.441 e. The fourth-order valence-corrected chi connectivity index (χ4v) is 2.29. The van der Waals surface area contributed by atoms with Gasteiger partial charge in [-0.25, -0.2) is 9.78 Å². The predicted molar refractivity (Wildman–Crippen MR) is 81.5 cm³/mol. The van der Waals surface area contributed by atoms with E-state index in [0.29, 0.717) is 17.0 Å². The second-order valence-corrected chi connectivity index (χ2v) is 4.96. The van der Waals surface area contributed by atoms with Crippen LogP contribution in [0.15, 0.2) is 40.8 Å². The maximum Gasteiger partial charge on any atom is 0.344 e. The molecule has 0 radical (unpaired) electrons. The molecule has 7 heteroatoms. The molecular formula is C16H12N2O5. The number of hydrogen-bond donors (Lipinski definition) is 0. The zero-order valence-corrected chi connectivity index (χ0v) is 12.4. The molecule has 1 aromatic heterocycles. The van der Waals surface area contributed by atoms with Gasteiger partial charge in [0, 0.05) is 24.6 Å². The quantitative estimate of drug-likeness (QED) is 0.317. The topological polar surface area (TPSA) is 95.5 Å². The van der Waals surface area contributed by atoms with Crippen molar-refractivity contribution >= 4 is 22.8 Å². The number of hydrogen-bond acceptors (Lipinski definition) is 6. The molecule has 0 N–H and O–H groups in total. The van der Waals surface area contributed by atoms with Crippen molar-refractivity contribution in [3.8, 4) is 5.75 Å². The van der Waals surface area contributed by atoms with E-state index in [4.69, 9.17) is 9.15 Å². The van der Waals surface area contributed by atoms with Crippen molar-refractivity contribution in [3.05, 3.63) is 63.5 Å². The molecule has 0 aliphatic rings. The average molecular weight is 312 g/mol. The summed E-state index contributed by atoms with van der Waals surface area (Å²) in [5.74, 6) is 0.129. The van der Waals surface area contributed by atoms with E-state index in [-0.39, 0.29) is 22.6 Å². The number of carbonyl (C=O) groups excluding carboxylic acids is 1.